The van der Waals surface area contributed by atoms with Crippen LogP contribution in [0, 0.1) is 25.7 Å². The van der Waals surface area contributed by atoms with Crippen LogP contribution in [0.15, 0.2) is 29.6 Å². The lowest BCUT2D eigenvalue weighted by molar-refractivity contribution is 0.0950. The van der Waals surface area contributed by atoms with Crippen LogP contribution in [-0.2, 0) is 6.54 Å². The number of carbonyl (C=O) groups is 1. The number of thiophene rings is 1. The summed E-state index contributed by atoms with van der Waals surface area (Å²) in [4.78, 5) is 13.3. The van der Waals surface area contributed by atoms with E-state index in [0.29, 0.717) is 12.1 Å². The molecule has 2 aromatic rings. The third kappa shape index (κ3) is 3.94. The van der Waals surface area contributed by atoms with Gasteiger partial charge in [0.2, 0.25) is 0 Å². The first kappa shape index (κ1) is 15.3. The first-order valence-corrected chi connectivity index (χ1v) is 7.51. The number of benzene rings is 1. The number of nitrogens with one attached hydrogen (secondary N) is 1. The van der Waals surface area contributed by atoms with Crippen molar-refractivity contribution < 1.29 is 9.90 Å². The topological polar surface area (TPSA) is 49.3 Å². The molecule has 0 radical (unpaired) electrons. The molecular weight excluding hydrogens is 282 g/mol. The Morgan fingerprint density at radius 1 is 1.33 bits per heavy atom. The van der Waals surface area contributed by atoms with Gasteiger partial charge < -0.3 is 10.4 Å². The van der Waals surface area contributed by atoms with Crippen molar-refractivity contribution in [3.63, 3.8) is 0 Å². The molecule has 0 unspecified atom stereocenters. The van der Waals surface area contributed by atoms with Crippen LogP contribution in [0.25, 0.3) is 0 Å². The van der Waals surface area contributed by atoms with Crippen molar-refractivity contribution in [1.29, 1.82) is 0 Å². The third-order valence-corrected chi connectivity index (χ3v) is 4.02. The first-order valence-electron chi connectivity index (χ1n) is 6.63. The van der Waals surface area contributed by atoms with Gasteiger partial charge in [0.1, 0.15) is 6.61 Å². The normalized spacial score (nSPS) is 9.86. The number of hydrogen-bond donors (Lipinski definition) is 2. The molecule has 0 saturated carbocycles. The Balaban J connectivity index is 2.08. The minimum atomic E-state index is -0.163. The van der Waals surface area contributed by atoms with Gasteiger partial charge in [-0.25, -0.2) is 0 Å². The zero-order chi connectivity index (χ0) is 15.2. The van der Waals surface area contributed by atoms with Gasteiger partial charge in [-0.2, -0.15) is 0 Å². The molecule has 0 aliphatic carbocycles. The van der Waals surface area contributed by atoms with Gasteiger partial charge in [0.15, 0.2) is 0 Å². The quantitative estimate of drug-likeness (QED) is 0.856. The van der Waals surface area contributed by atoms with Gasteiger partial charge in [0.25, 0.3) is 5.91 Å². The number of aryl methyl sites for hydroxylation is 2. The van der Waals surface area contributed by atoms with E-state index in [0.717, 1.165) is 21.6 Å². The fourth-order valence-electron chi connectivity index (χ4n) is 1.96. The first-order chi connectivity index (χ1) is 10.1. The highest BCUT2D eigenvalue weighted by molar-refractivity contribution is 7.10. The van der Waals surface area contributed by atoms with Crippen LogP contribution in [0.1, 0.15) is 31.9 Å². The van der Waals surface area contributed by atoms with Crippen molar-refractivity contribution in [3.8, 4) is 11.8 Å². The molecule has 108 valence electrons. The zero-order valence-corrected chi connectivity index (χ0v) is 12.9. The van der Waals surface area contributed by atoms with E-state index in [2.05, 4.69) is 17.2 Å². The molecule has 1 aromatic heterocycles. The van der Waals surface area contributed by atoms with E-state index in [1.54, 1.807) is 11.3 Å². The van der Waals surface area contributed by atoms with Crippen molar-refractivity contribution in [1.82, 2.24) is 5.32 Å². The lowest BCUT2D eigenvalue weighted by Gasteiger charge is -2.08. The standard InChI is InChI=1S/C17H17NO2S/c1-12-5-6-13(2)15(10-12)17(20)18-11-16-14(4-3-8-19)7-9-21-16/h5-7,9-10,19H,8,11H2,1-2H3,(H,18,20). The molecule has 2 N–H and O–H groups in total. The van der Waals surface area contributed by atoms with E-state index >= 15 is 0 Å². The smallest absolute Gasteiger partial charge is 0.251 e. The average molecular weight is 299 g/mol. The van der Waals surface area contributed by atoms with Crippen LogP contribution < -0.4 is 5.32 Å². The molecule has 0 aliphatic rings. The third-order valence-electron chi connectivity index (χ3n) is 3.09. The minimum absolute atomic E-state index is 0.0781. The molecule has 21 heavy (non-hydrogen) atoms. The van der Waals surface area contributed by atoms with Crippen LogP contribution >= 0.6 is 11.3 Å². The number of rotatable bonds is 3. The Labute approximate surface area is 128 Å². The van der Waals surface area contributed by atoms with Crippen LogP contribution in [0.2, 0.25) is 0 Å². The van der Waals surface area contributed by atoms with Gasteiger partial charge in [-0.15, -0.1) is 11.3 Å². The number of aliphatic hydroxyl groups excluding tert-OH is 1. The van der Waals surface area contributed by atoms with Gasteiger partial charge in [-0.3, -0.25) is 4.79 Å². The van der Waals surface area contributed by atoms with Gasteiger partial charge in [0.05, 0.1) is 6.54 Å². The fourth-order valence-corrected chi connectivity index (χ4v) is 2.73. The van der Waals surface area contributed by atoms with E-state index in [-0.39, 0.29) is 12.5 Å². The van der Waals surface area contributed by atoms with Gasteiger partial charge in [-0.05, 0) is 36.9 Å². The second-order valence-electron chi connectivity index (χ2n) is 4.72. The molecule has 0 atom stereocenters. The number of hydrogen-bond acceptors (Lipinski definition) is 3. The minimum Gasteiger partial charge on any atom is -0.384 e. The maximum atomic E-state index is 12.3. The Bertz CT molecular complexity index is 707. The van der Waals surface area contributed by atoms with Gasteiger partial charge >= 0.3 is 0 Å². The van der Waals surface area contributed by atoms with E-state index in [4.69, 9.17) is 5.11 Å². The highest BCUT2D eigenvalue weighted by Gasteiger charge is 2.10. The summed E-state index contributed by atoms with van der Waals surface area (Å²) < 4.78 is 0. The van der Waals surface area contributed by atoms with Crippen molar-refractivity contribution in [2.75, 3.05) is 6.61 Å². The van der Waals surface area contributed by atoms with E-state index in [1.165, 1.54) is 0 Å². The predicted molar refractivity (Wildman–Crippen MR) is 85.4 cm³/mol. The molecule has 1 amide bonds. The monoisotopic (exact) mass is 299 g/mol. The molecule has 0 spiro atoms. The highest BCUT2D eigenvalue weighted by Crippen LogP contribution is 2.16. The number of amides is 1. The second kappa shape index (κ2) is 7.07. The van der Waals surface area contributed by atoms with Crippen molar-refractivity contribution in [2.45, 2.75) is 20.4 Å². The number of carbonyl (C=O) groups excluding carboxylic acids is 1. The molecule has 0 saturated heterocycles. The molecule has 0 bridgehead atoms. The molecule has 1 aromatic carbocycles. The van der Waals surface area contributed by atoms with Crippen LogP contribution in [0.4, 0.5) is 0 Å². The van der Waals surface area contributed by atoms with Crippen LogP contribution in [0.3, 0.4) is 0 Å². The Hall–Kier alpha value is -2.09. The largest absolute Gasteiger partial charge is 0.384 e. The maximum absolute atomic E-state index is 12.3. The van der Waals surface area contributed by atoms with Crippen LogP contribution in [-0.4, -0.2) is 17.6 Å². The Morgan fingerprint density at radius 3 is 2.90 bits per heavy atom. The second-order valence-corrected chi connectivity index (χ2v) is 5.72. The Kier molecular flexibility index (Phi) is 5.15. The fraction of sp³-hybridized carbons (Fsp3) is 0.235. The summed E-state index contributed by atoms with van der Waals surface area (Å²) in [6, 6.07) is 7.74. The molecule has 3 nitrogen and oxygen atoms in total. The van der Waals surface area contributed by atoms with Gasteiger partial charge in [-0.1, -0.05) is 29.5 Å². The highest BCUT2D eigenvalue weighted by atomic mass is 32.1. The molecule has 0 fully saturated rings. The number of aliphatic hydroxyl groups is 1. The summed E-state index contributed by atoms with van der Waals surface area (Å²) in [5.41, 5.74) is 3.59. The van der Waals surface area contributed by atoms with E-state index in [1.807, 2.05) is 43.5 Å². The Morgan fingerprint density at radius 2 is 2.14 bits per heavy atom. The van der Waals surface area contributed by atoms with Crippen molar-refractivity contribution >= 4 is 17.2 Å². The van der Waals surface area contributed by atoms with Crippen LogP contribution in [0.5, 0.6) is 0 Å². The lowest BCUT2D eigenvalue weighted by atomic mass is 10.1. The SMILES string of the molecule is Cc1ccc(C)c(C(=O)NCc2sccc2C#CCO)c1. The molecule has 2 rings (SSSR count). The maximum Gasteiger partial charge on any atom is 0.251 e. The predicted octanol–water partition coefficient (Wildman–Crippen LogP) is 2.64. The summed E-state index contributed by atoms with van der Waals surface area (Å²) in [5, 5.41) is 13.6. The molecule has 4 heteroatoms. The van der Waals surface area contributed by atoms with E-state index in [9.17, 15) is 4.79 Å². The zero-order valence-electron chi connectivity index (χ0n) is 12.1. The van der Waals surface area contributed by atoms with Gasteiger partial charge in [0, 0.05) is 16.0 Å². The molecule has 0 aliphatic heterocycles. The van der Waals surface area contributed by atoms with E-state index < -0.39 is 0 Å². The summed E-state index contributed by atoms with van der Waals surface area (Å²) in [7, 11) is 0. The molecular formula is C17H17NO2S. The molecule has 1 heterocycles. The summed E-state index contributed by atoms with van der Waals surface area (Å²) >= 11 is 1.55. The summed E-state index contributed by atoms with van der Waals surface area (Å²) in [6.45, 7) is 4.18. The lowest BCUT2D eigenvalue weighted by Crippen LogP contribution is -2.23. The summed E-state index contributed by atoms with van der Waals surface area (Å²) in [5.74, 6) is 5.43. The average Bonchev–Trinajstić information content (AvgIpc) is 2.92. The summed E-state index contributed by atoms with van der Waals surface area (Å²) in [6.07, 6.45) is 0. The van der Waals surface area contributed by atoms with Crippen molar-refractivity contribution in [3.05, 3.63) is 56.8 Å². The van der Waals surface area contributed by atoms with Crippen molar-refractivity contribution in [2.24, 2.45) is 0 Å².